The zero-order chi connectivity index (χ0) is 39.1. The second kappa shape index (κ2) is 47.8. The van der Waals surface area contributed by atoms with E-state index in [1.807, 2.05) is 0 Å². The second-order valence-corrected chi connectivity index (χ2v) is 24.0. The van der Waals surface area contributed by atoms with Gasteiger partial charge in [0.2, 0.25) is 0 Å². The van der Waals surface area contributed by atoms with Gasteiger partial charge in [-0.15, -0.1) is 0 Å². The van der Waals surface area contributed by atoms with E-state index in [4.69, 9.17) is 0 Å². The van der Waals surface area contributed by atoms with E-state index in [0.717, 1.165) is 0 Å². The van der Waals surface area contributed by atoms with Crippen LogP contribution in [0.5, 0.6) is 0 Å². The number of hydrogen-bond donors (Lipinski definition) is 0. The predicted molar refractivity (Wildman–Crippen MR) is 258 cm³/mol. The topological polar surface area (TPSA) is 0 Å². The maximum absolute atomic E-state index is 2.34. The Kier molecular flexibility index (Phi) is 48.2. The summed E-state index contributed by atoms with van der Waals surface area (Å²) in [5.74, 6) is 0. The molecule has 0 N–H and O–H groups in total. The smallest absolute Gasteiger partial charge is 0.0654 e. The molecule has 0 saturated carbocycles. The first kappa shape index (κ1) is 54.4. The molecule has 0 aromatic carbocycles. The van der Waals surface area contributed by atoms with Gasteiger partial charge in [-0.2, -0.15) is 0 Å². The van der Waals surface area contributed by atoms with Gasteiger partial charge in [-0.25, -0.2) is 0 Å². The molecule has 0 radical (unpaired) electrons. The Morgan fingerprint density at radius 1 is 0.148 bits per heavy atom. The maximum atomic E-state index is 2.34. The molecule has 0 heterocycles. The van der Waals surface area contributed by atoms with Gasteiger partial charge >= 0.3 is 314 Å². The number of hydrogen-bond acceptors (Lipinski definition) is 0. The van der Waals surface area contributed by atoms with Crippen LogP contribution in [0.25, 0.3) is 0 Å². The average Bonchev–Trinajstić information content (AvgIpc) is 3.18. The summed E-state index contributed by atoms with van der Waals surface area (Å²) in [6, 6.07) is 0. The van der Waals surface area contributed by atoms with E-state index in [9.17, 15) is 0 Å². The van der Waals surface area contributed by atoms with Crippen LogP contribution in [0.4, 0.5) is 0 Å². The zero-order valence-electron chi connectivity index (χ0n) is 39.1. The monoisotopic (exact) mass is 779 g/mol. The minimum Gasteiger partial charge on any atom is -0.0654 e. The molecule has 0 nitrogen and oxygen atoms in total. The van der Waals surface area contributed by atoms with Gasteiger partial charge in [0.05, 0.1) is 0 Å². The number of rotatable bonds is 49. The predicted octanol–water partition coefficient (Wildman–Crippen LogP) is 20.4. The van der Waals surface area contributed by atoms with Gasteiger partial charge in [-0.05, 0) is 0 Å². The standard InChI is InChI=1S/C53H111P/c1-5-9-13-17-21-25-29-33-37-41-45-49-53-54(50-46-42-38-34-30-26-22-18-14-10-6-2,51-47-43-39-35-31-27-23-19-15-11-7-3)52-48-44-40-36-32-28-24-20-16-12-8-4/h54H,5-53H2,1-4H3. The second-order valence-electron chi connectivity index (χ2n) is 19.0. The van der Waals surface area contributed by atoms with E-state index in [1.54, 1.807) is 76.0 Å². The van der Waals surface area contributed by atoms with Crippen LogP contribution in [0.15, 0.2) is 0 Å². The fraction of sp³-hybridized carbons (Fsp3) is 1.00. The van der Waals surface area contributed by atoms with Crippen molar-refractivity contribution in [1.29, 1.82) is 0 Å². The molecule has 0 spiro atoms. The average molecular weight is 779 g/mol. The molecule has 328 valence electrons. The summed E-state index contributed by atoms with van der Waals surface area (Å²) >= 11 is 0. The Morgan fingerprint density at radius 2 is 0.259 bits per heavy atom. The van der Waals surface area contributed by atoms with Crippen LogP contribution in [0.3, 0.4) is 0 Å². The first-order valence-corrected chi connectivity index (χ1v) is 29.6. The molecule has 0 amide bonds. The van der Waals surface area contributed by atoms with Gasteiger partial charge in [0.15, 0.2) is 0 Å². The molecule has 0 fully saturated rings. The summed E-state index contributed by atoms with van der Waals surface area (Å²) in [5.41, 5.74) is 0. The van der Waals surface area contributed by atoms with Crippen LogP contribution < -0.4 is 0 Å². The Balaban J connectivity index is 4.89. The molecule has 1 heteroatoms. The normalized spacial score (nSPS) is 12.3. The van der Waals surface area contributed by atoms with Gasteiger partial charge in [0.1, 0.15) is 0 Å². The molecule has 54 heavy (non-hydrogen) atoms. The molecular weight excluding hydrogens is 668 g/mol. The molecule has 0 aromatic heterocycles. The minimum absolute atomic E-state index is 1.17. The molecule has 0 unspecified atom stereocenters. The zero-order valence-corrected chi connectivity index (χ0v) is 40.1. The quantitative estimate of drug-likeness (QED) is 0.0426. The Morgan fingerprint density at radius 3 is 0.389 bits per heavy atom. The Hall–Kier alpha value is 0.430. The van der Waals surface area contributed by atoms with Crippen LogP contribution in [0.1, 0.15) is 317 Å². The summed E-state index contributed by atoms with van der Waals surface area (Å²) < 4.78 is 0. The van der Waals surface area contributed by atoms with Gasteiger partial charge < -0.3 is 0 Å². The SMILES string of the molecule is CCCCCCCCCCCCCC[PH](CCCCCCCCCCCCC)(CCCCCCCCCCCCC)CCCCCCCCCCCCC. The van der Waals surface area contributed by atoms with E-state index < -0.39 is 7.26 Å². The Labute approximate surface area is 347 Å². The van der Waals surface area contributed by atoms with Crippen molar-refractivity contribution in [2.45, 2.75) is 317 Å². The van der Waals surface area contributed by atoms with E-state index in [1.165, 1.54) is 238 Å². The van der Waals surface area contributed by atoms with Crippen molar-refractivity contribution in [2.75, 3.05) is 24.6 Å². The molecular formula is C53H111P. The van der Waals surface area contributed by atoms with Crippen molar-refractivity contribution in [3.05, 3.63) is 0 Å². The van der Waals surface area contributed by atoms with Crippen molar-refractivity contribution >= 4 is 7.26 Å². The first-order chi connectivity index (χ1) is 26.7. The van der Waals surface area contributed by atoms with E-state index in [-0.39, 0.29) is 0 Å². The molecule has 0 saturated heterocycles. The molecule has 0 aliphatic heterocycles. The summed E-state index contributed by atoms with van der Waals surface area (Å²) in [6.45, 7) is 9.35. The molecule has 0 atom stereocenters. The molecule has 0 aliphatic carbocycles. The van der Waals surface area contributed by atoms with Crippen LogP contribution in [0, 0.1) is 0 Å². The third-order valence-corrected chi connectivity index (χ3v) is 19.1. The molecule has 0 rings (SSSR count). The number of unbranched alkanes of at least 4 members (excludes halogenated alkanes) is 41. The van der Waals surface area contributed by atoms with E-state index in [0.29, 0.717) is 0 Å². The van der Waals surface area contributed by atoms with Crippen LogP contribution in [0.2, 0.25) is 0 Å². The third-order valence-electron chi connectivity index (χ3n) is 13.5. The summed E-state index contributed by atoms with van der Waals surface area (Å²) in [7, 11) is -1.17. The van der Waals surface area contributed by atoms with E-state index >= 15 is 0 Å². The van der Waals surface area contributed by atoms with Gasteiger partial charge in [0, 0.05) is 0 Å². The third kappa shape index (κ3) is 42.0. The minimum atomic E-state index is -1.17. The van der Waals surface area contributed by atoms with Gasteiger partial charge in [0.25, 0.3) is 0 Å². The summed E-state index contributed by atoms with van der Waals surface area (Å²) in [6.07, 6.45) is 74.0. The first-order valence-electron chi connectivity index (χ1n) is 26.7. The fourth-order valence-corrected chi connectivity index (χ4v) is 15.1. The van der Waals surface area contributed by atoms with Crippen LogP contribution in [-0.2, 0) is 0 Å². The molecule has 0 aromatic rings. The summed E-state index contributed by atoms with van der Waals surface area (Å²) in [4.78, 5) is 0. The van der Waals surface area contributed by atoms with Crippen LogP contribution >= 0.6 is 7.26 Å². The van der Waals surface area contributed by atoms with Gasteiger partial charge in [-0.3, -0.25) is 0 Å². The summed E-state index contributed by atoms with van der Waals surface area (Å²) in [5, 5.41) is 0. The van der Waals surface area contributed by atoms with E-state index in [2.05, 4.69) is 27.7 Å². The Bertz CT molecular complexity index is 577. The molecule has 0 aliphatic rings. The molecule has 0 bridgehead atoms. The van der Waals surface area contributed by atoms with Crippen molar-refractivity contribution in [1.82, 2.24) is 0 Å². The van der Waals surface area contributed by atoms with Crippen LogP contribution in [-0.4, -0.2) is 24.6 Å². The van der Waals surface area contributed by atoms with Gasteiger partial charge in [-0.1, -0.05) is 34.1 Å². The van der Waals surface area contributed by atoms with Crippen molar-refractivity contribution in [3.8, 4) is 0 Å². The van der Waals surface area contributed by atoms with Crippen molar-refractivity contribution in [2.24, 2.45) is 0 Å². The van der Waals surface area contributed by atoms with Crippen molar-refractivity contribution in [3.63, 3.8) is 0 Å². The van der Waals surface area contributed by atoms with Crippen molar-refractivity contribution < 1.29 is 0 Å². The fourth-order valence-electron chi connectivity index (χ4n) is 9.58.